The van der Waals surface area contributed by atoms with Crippen molar-refractivity contribution in [2.24, 2.45) is 0 Å². The molecule has 0 unspecified atom stereocenters. The van der Waals surface area contributed by atoms with Crippen LogP contribution in [0.5, 0.6) is 5.75 Å². The molecule has 3 aromatic rings. The summed E-state index contributed by atoms with van der Waals surface area (Å²) in [6.45, 7) is 3.17. The predicted octanol–water partition coefficient (Wildman–Crippen LogP) is 3.37. The second kappa shape index (κ2) is 8.79. The van der Waals surface area contributed by atoms with E-state index < -0.39 is 0 Å². The van der Waals surface area contributed by atoms with Crippen LogP contribution in [-0.2, 0) is 13.0 Å². The number of nitrogens with one attached hydrogen (secondary N) is 1. The first-order valence-electron chi connectivity index (χ1n) is 8.56. The summed E-state index contributed by atoms with van der Waals surface area (Å²) < 4.78 is 11.2. The molecular weight excluding hydrogens is 364 g/mol. The first-order valence-corrected chi connectivity index (χ1v) is 9.38. The monoisotopic (exact) mass is 386 g/mol. The number of amides is 1. The number of aryl methyl sites for hydroxylation is 1. The lowest BCUT2D eigenvalue weighted by molar-refractivity contribution is 0.0993. The molecule has 0 fully saturated rings. The lowest BCUT2D eigenvalue weighted by atomic mass is 10.2. The van der Waals surface area contributed by atoms with Crippen LogP contribution >= 0.6 is 11.3 Å². The van der Waals surface area contributed by atoms with Gasteiger partial charge in [-0.05, 0) is 45.3 Å². The molecular formula is C19H22N4O3S. The van der Waals surface area contributed by atoms with Crippen LogP contribution in [0.3, 0.4) is 0 Å². The average Bonchev–Trinajstić information content (AvgIpc) is 3.26. The van der Waals surface area contributed by atoms with E-state index in [0.717, 1.165) is 16.5 Å². The van der Waals surface area contributed by atoms with Crippen LogP contribution in [0.4, 0.5) is 5.13 Å². The van der Waals surface area contributed by atoms with Gasteiger partial charge in [0.25, 0.3) is 5.91 Å². The quantitative estimate of drug-likeness (QED) is 0.639. The molecule has 3 rings (SSSR count). The van der Waals surface area contributed by atoms with Gasteiger partial charge in [-0.25, -0.2) is 0 Å². The number of rotatable bonds is 8. The smallest absolute Gasteiger partial charge is 0.293 e. The van der Waals surface area contributed by atoms with Gasteiger partial charge >= 0.3 is 0 Å². The second-order valence-electron chi connectivity index (χ2n) is 6.37. The van der Waals surface area contributed by atoms with E-state index in [1.54, 1.807) is 12.1 Å². The van der Waals surface area contributed by atoms with Crippen LogP contribution in [0, 0.1) is 6.92 Å². The Morgan fingerprint density at radius 1 is 1.19 bits per heavy atom. The number of carbonyl (C=O) groups excluding carboxylic acids is 1. The molecule has 142 valence electrons. The Morgan fingerprint density at radius 2 is 1.96 bits per heavy atom. The third-order valence-corrected chi connectivity index (χ3v) is 4.55. The largest absolute Gasteiger partial charge is 0.493 e. The molecule has 0 saturated carbocycles. The van der Waals surface area contributed by atoms with Crippen molar-refractivity contribution in [3.8, 4) is 5.75 Å². The van der Waals surface area contributed by atoms with Crippen molar-refractivity contribution in [3.63, 3.8) is 0 Å². The van der Waals surface area contributed by atoms with E-state index in [-0.39, 0.29) is 11.7 Å². The molecule has 0 aliphatic rings. The summed E-state index contributed by atoms with van der Waals surface area (Å²) in [5.41, 5.74) is 1.19. The molecule has 0 aliphatic heterocycles. The van der Waals surface area contributed by atoms with Crippen LogP contribution in [0.15, 0.2) is 40.8 Å². The molecule has 0 radical (unpaired) electrons. The van der Waals surface area contributed by atoms with Gasteiger partial charge in [0.1, 0.15) is 16.5 Å². The molecule has 1 amide bonds. The highest BCUT2D eigenvalue weighted by Crippen LogP contribution is 2.18. The minimum absolute atomic E-state index is 0.256. The van der Waals surface area contributed by atoms with Crippen molar-refractivity contribution >= 4 is 22.4 Å². The summed E-state index contributed by atoms with van der Waals surface area (Å²) in [6.07, 6.45) is 0.620. The van der Waals surface area contributed by atoms with Crippen LogP contribution in [0.25, 0.3) is 0 Å². The highest BCUT2D eigenvalue weighted by Gasteiger charge is 2.14. The summed E-state index contributed by atoms with van der Waals surface area (Å²) in [5, 5.41) is 12.0. The van der Waals surface area contributed by atoms with E-state index in [1.165, 1.54) is 16.9 Å². The minimum atomic E-state index is -0.335. The van der Waals surface area contributed by atoms with Gasteiger partial charge in [0.2, 0.25) is 5.13 Å². The van der Waals surface area contributed by atoms with E-state index in [1.807, 2.05) is 50.2 Å². The number of hydrogen-bond donors (Lipinski definition) is 1. The van der Waals surface area contributed by atoms with Crippen molar-refractivity contribution in [1.82, 2.24) is 15.1 Å². The van der Waals surface area contributed by atoms with Crippen molar-refractivity contribution in [3.05, 3.63) is 58.5 Å². The van der Waals surface area contributed by atoms with Gasteiger partial charge in [-0.15, -0.1) is 10.2 Å². The number of ether oxygens (including phenoxy) is 1. The molecule has 1 N–H and O–H groups in total. The summed E-state index contributed by atoms with van der Waals surface area (Å²) in [7, 11) is 3.88. The zero-order chi connectivity index (χ0) is 19.2. The van der Waals surface area contributed by atoms with E-state index in [4.69, 9.17) is 9.15 Å². The Balaban J connectivity index is 1.49. The molecule has 8 heteroatoms. The molecule has 0 spiro atoms. The summed E-state index contributed by atoms with van der Waals surface area (Å²) in [5.74, 6) is 1.48. The van der Waals surface area contributed by atoms with Gasteiger partial charge in [0.05, 0.1) is 13.2 Å². The molecule has 27 heavy (non-hydrogen) atoms. The lowest BCUT2D eigenvalue weighted by Crippen LogP contribution is -2.11. The zero-order valence-electron chi connectivity index (χ0n) is 15.6. The van der Waals surface area contributed by atoms with Crippen molar-refractivity contribution in [1.29, 1.82) is 0 Å². The first-order chi connectivity index (χ1) is 13.0. The lowest BCUT2D eigenvalue weighted by Gasteiger charge is -2.05. The topological polar surface area (TPSA) is 80.5 Å². The van der Waals surface area contributed by atoms with Crippen molar-refractivity contribution in [2.45, 2.75) is 19.9 Å². The SMILES string of the molecule is Cc1ccc(OCCc2nnc(NC(=O)c3ccc(CN(C)C)o3)s2)cc1. The number of anilines is 1. The van der Waals surface area contributed by atoms with E-state index in [2.05, 4.69) is 15.5 Å². The maximum absolute atomic E-state index is 12.2. The third kappa shape index (κ3) is 5.63. The number of furan rings is 1. The fourth-order valence-corrected chi connectivity index (χ4v) is 3.07. The highest BCUT2D eigenvalue weighted by molar-refractivity contribution is 7.15. The van der Waals surface area contributed by atoms with Gasteiger partial charge in [-0.2, -0.15) is 0 Å². The Bertz CT molecular complexity index is 887. The van der Waals surface area contributed by atoms with E-state index in [9.17, 15) is 4.79 Å². The maximum atomic E-state index is 12.2. The number of aromatic nitrogens is 2. The average molecular weight is 386 g/mol. The van der Waals surface area contributed by atoms with Gasteiger partial charge in [0.15, 0.2) is 5.76 Å². The molecule has 7 nitrogen and oxygen atoms in total. The molecule has 2 heterocycles. The van der Waals surface area contributed by atoms with E-state index in [0.29, 0.717) is 24.7 Å². The normalized spacial score (nSPS) is 11.0. The number of benzene rings is 1. The molecule has 2 aromatic heterocycles. The minimum Gasteiger partial charge on any atom is -0.493 e. The Morgan fingerprint density at radius 3 is 2.70 bits per heavy atom. The zero-order valence-corrected chi connectivity index (χ0v) is 16.4. The standard InChI is InChI=1S/C19H22N4O3S/c1-13-4-6-14(7-5-13)25-11-10-17-21-22-19(27-17)20-18(24)16-9-8-15(26-16)12-23(2)3/h4-9H,10-12H2,1-3H3,(H,20,22,24). The van der Waals surface area contributed by atoms with Crippen molar-refractivity contribution < 1.29 is 13.9 Å². The van der Waals surface area contributed by atoms with Crippen LogP contribution in [0.2, 0.25) is 0 Å². The molecule has 1 aromatic carbocycles. The first kappa shape index (κ1) is 19.1. The fourth-order valence-electron chi connectivity index (χ4n) is 2.35. The Kier molecular flexibility index (Phi) is 6.20. The Labute approximate surface area is 162 Å². The van der Waals surface area contributed by atoms with Crippen LogP contribution in [-0.4, -0.2) is 41.7 Å². The number of carbonyl (C=O) groups is 1. The number of hydrogen-bond acceptors (Lipinski definition) is 7. The number of nitrogens with zero attached hydrogens (tertiary/aromatic N) is 3. The Hall–Kier alpha value is -2.71. The van der Waals surface area contributed by atoms with Crippen molar-refractivity contribution in [2.75, 3.05) is 26.0 Å². The molecule has 0 atom stereocenters. The molecule has 0 aliphatic carbocycles. The van der Waals surface area contributed by atoms with Gasteiger partial charge in [-0.3, -0.25) is 10.1 Å². The summed E-state index contributed by atoms with van der Waals surface area (Å²) >= 11 is 1.33. The van der Waals surface area contributed by atoms with Crippen LogP contribution < -0.4 is 10.1 Å². The van der Waals surface area contributed by atoms with Crippen LogP contribution in [0.1, 0.15) is 26.9 Å². The highest BCUT2D eigenvalue weighted by atomic mass is 32.1. The fraction of sp³-hybridized carbons (Fsp3) is 0.316. The second-order valence-corrected chi connectivity index (χ2v) is 7.43. The summed E-state index contributed by atoms with van der Waals surface area (Å²) in [6, 6.07) is 11.3. The summed E-state index contributed by atoms with van der Waals surface area (Å²) in [4.78, 5) is 14.2. The van der Waals surface area contributed by atoms with E-state index >= 15 is 0 Å². The molecule has 0 saturated heterocycles. The maximum Gasteiger partial charge on any atom is 0.293 e. The third-order valence-electron chi connectivity index (χ3n) is 3.65. The van der Waals surface area contributed by atoms with Gasteiger partial charge in [-0.1, -0.05) is 29.0 Å². The van der Waals surface area contributed by atoms with Gasteiger partial charge < -0.3 is 14.1 Å². The van der Waals surface area contributed by atoms with Gasteiger partial charge in [0, 0.05) is 6.42 Å². The predicted molar refractivity (Wildman–Crippen MR) is 104 cm³/mol. The molecule has 0 bridgehead atoms.